The van der Waals surface area contributed by atoms with E-state index in [9.17, 15) is 9.18 Å². The maximum Gasteiger partial charge on any atom is 0.257 e. The van der Waals surface area contributed by atoms with Crippen LogP contribution in [0, 0.1) is 11.2 Å². The van der Waals surface area contributed by atoms with E-state index in [4.69, 9.17) is 17.0 Å². The summed E-state index contributed by atoms with van der Waals surface area (Å²) in [5.74, 6) is -0.369. The van der Waals surface area contributed by atoms with Gasteiger partial charge in [0.25, 0.3) is 5.91 Å². The highest BCUT2D eigenvalue weighted by Crippen LogP contribution is 2.58. The maximum atomic E-state index is 13.7. The van der Waals surface area contributed by atoms with Gasteiger partial charge in [-0.2, -0.15) is 0 Å². The molecule has 0 radical (unpaired) electrons. The molecule has 1 unspecified atom stereocenters. The zero-order valence-electron chi connectivity index (χ0n) is 12.9. The number of hydrogen-bond acceptors (Lipinski definition) is 3. The Kier molecular flexibility index (Phi) is 3.25. The first-order valence-corrected chi connectivity index (χ1v) is 8.37. The molecule has 1 aromatic rings. The van der Waals surface area contributed by atoms with E-state index in [0.717, 1.165) is 36.8 Å². The topological polar surface area (TPSA) is 50.4 Å². The summed E-state index contributed by atoms with van der Waals surface area (Å²) in [5.41, 5.74) is 0.634. The second-order valence-electron chi connectivity index (χ2n) is 6.85. The highest BCUT2D eigenvalue weighted by atomic mass is 32.1. The summed E-state index contributed by atoms with van der Waals surface area (Å²) in [6.45, 7) is 0. The Hall–Kier alpha value is -1.53. The number of thiocarbonyl (C=S) groups is 1. The van der Waals surface area contributed by atoms with Crippen LogP contribution in [0.1, 0.15) is 36.8 Å². The number of benzene rings is 1. The minimum Gasteiger partial charge on any atom is -0.381 e. The molecule has 2 aliphatic carbocycles. The molecule has 23 heavy (non-hydrogen) atoms. The van der Waals surface area contributed by atoms with E-state index < -0.39 is 5.54 Å². The third-order valence-electron chi connectivity index (χ3n) is 5.89. The Morgan fingerprint density at radius 2 is 2.09 bits per heavy atom. The number of nitrogens with one attached hydrogen (secondary N) is 2. The molecule has 1 amide bonds. The van der Waals surface area contributed by atoms with Crippen molar-refractivity contribution >= 4 is 23.2 Å². The molecule has 122 valence electrons. The number of amides is 1. The molecule has 0 bridgehead atoms. The van der Waals surface area contributed by atoms with Crippen LogP contribution in [0.4, 0.5) is 4.39 Å². The molecular formula is C17H19FN2O2S. The van der Waals surface area contributed by atoms with E-state index in [-0.39, 0.29) is 23.2 Å². The average molecular weight is 334 g/mol. The lowest BCUT2D eigenvalue weighted by molar-refractivity contribution is -0.131. The summed E-state index contributed by atoms with van der Waals surface area (Å²) in [6, 6.07) is 4.73. The van der Waals surface area contributed by atoms with Crippen LogP contribution >= 0.6 is 12.2 Å². The molecule has 6 heteroatoms. The summed E-state index contributed by atoms with van der Waals surface area (Å²) < 4.78 is 19.2. The van der Waals surface area contributed by atoms with Gasteiger partial charge in [0.1, 0.15) is 5.82 Å². The van der Waals surface area contributed by atoms with Gasteiger partial charge in [0.2, 0.25) is 0 Å². The molecule has 2 fully saturated rings. The Bertz CT molecular complexity index is 700. The van der Waals surface area contributed by atoms with Crippen molar-refractivity contribution in [1.29, 1.82) is 0 Å². The first-order chi connectivity index (χ1) is 11.0. The zero-order chi connectivity index (χ0) is 16.2. The standard InChI is InChI=1S/C17H19FN2O2S/c1-22-12-4-6-16(7-5-12)9-10-8-11(18)2-3-13(10)17(16)14(21)19-15(23)20-17/h2-3,8,12H,4-7,9H2,1H3,(H2,19,20,21,23). The predicted molar refractivity (Wildman–Crippen MR) is 87.4 cm³/mol. The first-order valence-electron chi connectivity index (χ1n) is 7.96. The van der Waals surface area contributed by atoms with Crippen LogP contribution in [0.3, 0.4) is 0 Å². The van der Waals surface area contributed by atoms with Gasteiger partial charge in [-0.1, -0.05) is 6.07 Å². The molecule has 1 saturated carbocycles. The van der Waals surface area contributed by atoms with Gasteiger partial charge in [-0.05, 0) is 67.6 Å². The van der Waals surface area contributed by atoms with E-state index >= 15 is 0 Å². The van der Waals surface area contributed by atoms with Crippen molar-refractivity contribution in [2.45, 2.75) is 43.7 Å². The third kappa shape index (κ3) is 1.91. The van der Waals surface area contributed by atoms with Crippen molar-refractivity contribution in [1.82, 2.24) is 10.6 Å². The molecule has 1 saturated heterocycles. The van der Waals surface area contributed by atoms with Crippen LogP contribution in [0.5, 0.6) is 0 Å². The van der Waals surface area contributed by atoms with Gasteiger partial charge in [0.15, 0.2) is 10.7 Å². The van der Waals surface area contributed by atoms with Crippen molar-refractivity contribution in [3.05, 3.63) is 35.1 Å². The van der Waals surface area contributed by atoms with Crippen molar-refractivity contribution in [3.63, 3.8) is 0 Å². The van der Waals surface area contributed by atoms with Gasteiger partial charge >= 0.3 is 0 Å². The fraction of sp³-hybridized carbons (Fsp3) is 0.529. The number of halogens is 1. The number of carbonyl (C=O) groups is 1. The Balaban J connectivity index is 1.84. The van der Waals surface area contributed by atoms with Crippen molar-refractivity contribution in [2.24, 2.45) is 5.41 Å². The molecule has 1 aliphatic heterocycles. The number of ether oxygens (including phenoxy) is 1. The molecule has 3 aliphatic rings. The van der Waals surface area contributed by atoms with Crippen LogP contribution in [-0.4, -0.2) is 24.2 Å². The lowest BCUT2D eigenvalue weighted by atomic mass is 9.61. The second-order valence-corrected chi connectivity index (χ2v) is 7.26. The van der Waals surface area contributed by atoms with Crippen LogP contribution in [-0.2, 0) is 21.5 Å². The summed E-state index contributed by atoms with van der Waals surface area (Å²) >= 11 is 5.22. The molecule has 1 aromatic carbocycles. The number of methoxy groups -OCH3 is 1. The normalized spacial score (nSPS) is 35.5. The lowest BCUT2D eigenvalue weighted by Gasteiger charge is -2.46. The molecule has 4 nitrogen and oxygen atoms in total. The van der Waals surface area contributed by atoms with Crippen LogP contribution in [0.15, 0.2) is 18.2 Å². The van der Waals surface area contributed by atoms with Gasteiger partial charge < -0.3 is 15.4 Å². The average Bonchev–Trinajstić information content (AvgIpc) is 2.96. The van der Waals surface area contributed by atoms with Crippen molar-refractivity contribution in [3.8, 4) is 0 Å². The Morgan fingerprint density at radius 3 is 2.70 bits per heavy atom. The van der Waals surface area contributed by atoms with Gasteiger partial charge in [-0.15, -0.1) is 0 Å². The number of fused-ring (bicyclic) bond motifs is 3. The summed E-state index contributed by atoms with van der Waals surface area (Å²) in [4.78, 5) is 12.9. The number of hydrogen-bond donors (Lipinski definition) is 2. The first kappa shape index (κ1) is 15.0. The van der Waals surface area contributed by atoms with Crippen LogP contribution < -0.4 is 10.6 Å². The van der Waals surface area contributed by atoms with Gasteiger partial charge in [0, 0.05) is 12.5 Å². The fourth-order valence-electron chi connectivity index (χ4n) is 4.81. The minimum absolute atomic E-state index is 0.108. The number of rotatable bonds is 1. The largest absolute Gasteiger partial charge is 0.381 e. The highest BCUT2D eigenvalue weighted by molar-refractivity contribution is 7.80. The van der Waals surface area contributed by atoms with Crippen molar-refractivity contribution < 1.29 is 13.9 Å². The molecule has 2 spiro atoms. The van der Waals surface area contributed by atoms with Gasteiger partial charge in [-0.25, -0.2) is 4.39 Å². The predicted octanol–water partition coefficient (Wildman–Crippen LogP) is 2.16. The quantitative estimate of drug-likeness (QED) is 0.773. The fourth-order valence-corrected chi connectivity index (χ4v) is 5.05. The third-order valence-corrected chi connectivity index (χ3v) is 6.09. The molecular weight excluding hydrogens is 315 g/mol. The molecule has 0 aromatic heterocycles. The summed E-state index contributed by atoms with van der Waals surface area (Å²) in [7, 11) is 1.73. The van der Waals surface area contributed by atoms with E-state index in [1.54, 1.807) is 19.2 Å². The summed E-state index contributed by atoms with van der Waals surface area (Å²) in [6.07, 6.45) is 4.43. The Morgan fingerprint density at radius 1 is 1.35 bits per heavy atom. The van der Waals surface area contributed by atoms with Gasteiger partial charge in [-0.3, -0.25) is 4.79 Å². The minimum atomic E-state index is -0.869. The molecule has 2 N–H and O–H groups in total. The summed E-state index contributed by atoms with van der Waals surface area (Å²) in [5, 5.41) is 6.38. The SMILES string of the molecule is COC1CCC2(CC1)Cc1cc(F)ccc1C21NC(=S)NC1=O. The molecule has 1 heterocycles. The van der Waals surface area contributed by atoms with Gasteiger partial charge in [0.05, 0.1) is 6.10 Å². The smallest absolute Gasteiger partial charge is 0.257 e. The molecule has 1 atom stereocenters. The highest BCUT2D eigenvalue weighted by Gasteiger charge is 2.65. The van der Waals surface area contributed by atoms with Crippen LogP contribution in [0.25, 0.3) is 0 Å². The van der Waals surface area contributed by atoms with E-state index in [0.29, 0.717) is 11.5 Å². The van der Waals surface area contributed by atoms with E-state index in [1.165, 1.54) is 6.07 Å². The maximum absolute atomic E-state index is 13.7. The zero-order valence-corrected chi connectivity index (χ0v) is 13.8. The Labute approximate surface area is 139 Å². The molecule has 4 rings (SSSR count). The monoisotopic (exact) mass is 334 g/mol. The number of carbonyl (C=O) groups excluding carboxylic acids is 1. The van der Waals surface area contributed by atoms with Crippen LogP contribution in [0.2, 0.25) is 0 Å². The second kappa shape index (κ2) is 4.98. The van der Waals surface area contributed by atoms with E-state index in [2.05, 4.69) is 10.6 Å². The van der Waals surface area contributed by atoms with Crippen molar-refractivity contribution in [2.75, 3.05) is 7.11 Å². The lowest BCUT2D eigenvalue weighted by Crippen LogP contribution is -2.56. The van der Waals surface area contributed by atoms with E-state index in [1.807, 2.05) is 0 Å².